The van der Waals surface area contributed by atoms with Gasteiger partial charge in [-0.05, 0) is 37.8 Å². The van der Waals surface area contributed by atoms with Gasteiger partial charge in [0.25, 0.3) is 5.91 Å². The number of unbranched alkanes of at least 4 members (excludes halogenated alkanes) is 4. The molecule has 27 heavy (non-hydrogen) atoms. The minimum atomic E-state index is -0.221. The Morgan fingerprint density at radius 3 is 2.63 bits per heavy atom. The lowest BCUT2D eigenvalue weighted by molar-refractivity contribution is -0.118. The molecule has 0 saturated heterocycles. The van der Waals surface area contributed by atoms with Crippen molar-refractivity contribution in [1.82, 2.24) is 4.57 Å². The van der Waals surface area contributed by atoms with Crippen LogP contribution in [0.4, 0.5) is 5.69 Å². The van der Waals surface area contributed by atoms with Crippen molar-refractivity contribution in [1.29, 1.82) is 0 Å². The van der Waals surface area contributed by atoms with Crippen LogP contribution in [0.1, 0.15) is 71.3 Å². The van der Waals surface area contributed by atoms with Crippen molar-refractivity contribution >= 4 is 22.5 Å². The molecule has 0 aliphatic carbocycles. The van der Waals surface area contributed by atoms with Gasteiger partial charge in [-0.25, -0.2) is 0 Å². The summed E-state index contributed by atoms with van der Waals surface area (Å²) in [6, 6.07) is 6.01. The van der Waals surface area contributed by atoms with E-state index in [-0.39, 0.29) is 11.8 Å². The van der Waals surface area contributed by atoms with Crippen LogP contribution in [-0.2, 0) is 11.3 Å². The first-order valence-electron chi connectivity index (χ1n) is 10.2. The molecule has 1 aromatic heterocycles. The fourth-order valence-electron chi connectivity index (χ4n) is 3.19. The molecular formula is C22H33N3O2. The lowest BCUT2D eigenvalue weighted by atomic mass is 10.1. The molecule has 0 fully saturated rings. The van der Waals surface area contributed by atoms with Gasteiger partial charge in [0.2, 0.25) is 5.88 Å². The summed E-state index contributed by atoms with van der Waals surface area (Å²) in [5.74, 6) is 0.407. The van der Waals surface area contributed by atoms with Gasteiger partial charge in [-0.1, -0.05) is 58.1 Å². The second-order valence-electron chi connectivity index (χ2n) is 7.78. The quantitative estimate of drug-likeness (QED) is 0.374. The summed E-state index contributed by atoms with van der Waals surface area (Å²) in [6.07, 6.45) is 6.82. The molecular weight excluding hydrogens is 338 g/mol. The van der Waals surface area contributed by atoms with Crippen molar-refractivity contribution in [3.05, 3.63) is 23.8 Å². The molecule has 2 rings (SSSR count). The smallest absolute Gasteiger partial charge is 0.264 e. The van der Waals surface area contributed by atoms with Gasteiger partial charge in [-0.3, -0.25) is 4.79 Å². The summed E-state index contributed by atoms with van der Waals surface area (Å²) in [4.78, 5) is 12.0. The number of azo groups is 1. The summed E-state index contributed by atoms with van der Waals surface area (Å²) in [7, 11) is 0. The van der Waals surface area contributed by atoms with E-state index in [4.69, 9.17) is 0 Å². The third-order valence-corrected chi connectivity index (χ3v) is 4.85. The first-order chi connectivity index (χ1) is 12.9. The number of carbonyl (C=O) groups excluding carboxylic acids is 1. The zero-order chi connectivity index (χ0) is 19.8. The Balaban J connectivity index is 2.17. The molecule has 0 spiro atoms. The molecule has 0 atom stereocenters. The van der Waals surface area contributed by atoms with Crippen LogP contribution in [0, 0.1) is 12.8 Å². The molecule has 0 radical (unpaired) electrons. The maximum atomic E-state index is 12.0. The van der Waals surface area contributed by atoms with Crippen LogP contribution in [0.5, 0.6) is 5.88 Å². The number of aromatic hydroxyl groups is 1. The minimum absolute atomic E-state index is 0.0933. The normalized spacial score (nSPS) is 11.9. The van der Waals surface area contributed by atoms with Crippen molar-refractivity contribution < 1.29 is 9.90 Å². The van der Waals surface area contributed by atoms with Crippen LogP contribution in [-0.4, -0.2) is 15.6 Å². The molecule has 1 amide bonds. The predicted molar refractivity (Wildman–Crippen MR) is 111 cm³/mol. The predicted octanol–water partition coefficient (Wildman–Crippen LogP) is 6.67. The van der Waals surface area contributed by atoms with E-state index in [0.29, 0.717) is 24.6 Å². The van der Waals surface area contributed by atoms with E-state index in [1.807, 2.05) is 29.7 Å². The maximum Gasteiger partial charge on any atom is 0.264 e. The van der Waals surface area contributed by atoms with E-state index in [1.165, 1.54) is 12.8 Å². The number of aryl methyl sites for hydroxylation is 2. The molecule has 1 aromatic carbocycles. The average molecular weight is 372 g/mol. The van der Waals surface area contributed by atoms with Crippen LogP contribution < -0.4 is 0 Å². The highest BCUT2D eigenvalue weighted by Gasteiger charge is 2.17. The van der Waals surface area contributed by atoms with Crippen molar-refractivity contribution in [3.63, 3.8) is 0 Å². The van der Waals surface area contributed by atoms with Crippen LogP contribution in [0.25, 0.3) is 10.9 Å². The number of carbonyl (C=O) groups is 1. The topological polar surface area (TPSA) is 66.9 Å². The SMILES string of the molecule is CCCCCCCC(=O)N=Nc1c(O)n(CCC(C)C)c2ccc(C)cc12. The van der Waals surface area contributed by atoms with Crippen LogP contribution in [0.15, 0.2) is 28.4 Å². The van der Waals surface area contributed by atoms with Crippen LogP contribution in [0.3, 0.4) is 0 Å². The highest BCUT2D eigenvalue weighted by atomic mass is 16.3. The van der Waals surface area contributed by atoms with Crippen molar-refractivity contribution in [3.8, 4) is 5.88 Å². The lowest BCUT2D eigenvalue weighted by Gasteiger charge is -2.09. The fourth-order valence-corrected chi connectivity index (χ4v) is 3.19. The van der Waals surface area contributed by atoms with E-state index >= 15 is 0 Å². The summed E-state index contributed by atoms with van der Waals surface area (Å²) >= 11 is 0. The van der Waals surface area contributed by atoms with E-state index in [9.17, 15) is 9.90 Å². The molecule has 0 saturated carbocycles. The standard InChI is InChI=1S/C22H33N3O2/c1-5-6-7-8-9-10-20(26)23-24-21-18-15-17(4)11-12-19(18)25(22(21)27)14-13-16(2)3/h11-12,15-16,27H,5-10,13-14H2,1-4H3. The van der Waals surface area contributed by atoms with E-state index in [0.717, 1.165) is 42.1 Å². The van der Waals surface area contributed by atoms with Crippen LogP contribution in [0.2, 0.25) is 0 Å². The van der Waals surface area contributed by atoms with Crippen molar-refractivity contribution in [2.45, 2.75) is 79.2 Å². The van der Waals surface area contributed by atoms with Crippen LogP contribution >= 0.6 is 0 Å². The molecule has 0 unspecified atom stereocenters. The number of rotatable bonds is 10. The molecule has 5 heteroatoms. The highest BCUT2D eigenvalue weighted by Crippen LogP contribution is 2.39. The third-order valence-electron chi connectivity index (χ3n) is 4.85. The molecule has 1 heterocycles. The van der Waals surface area contributed by atoms with Gasteiger partial charge in [-0.15, -0.1) is 10.2 Å². The van der Waals surface area contributed by atoms with E-state index in [1.54, 1.807) is 0 Å². The number of fused-ring (bicyclic) bond motifs is 1. The summed E-state index contributed by atoms with van der Waals surface area (Å²) in [6.45, 7) is 9.21. The fraction of sp³-hybridized carbons (Fsp3) is 0.591. The molecule has 2 aromatic rings. The summed E-state index contributed by atoms with van der Waals surface area (Å²) in [5, 5.41) is 19.6. The second kappa shape index (κ2) is 10.2. The number of hydrogen-bond donors (Lipinski definition) is 1. The third kappa shape index (κ3) is 5.91. The average Bonchev–Trinajstić information content (AvgIpc) is 2.88. The Bertz CT molecular complexity index is 790. The number of aromatic nitrogens is 1. The maximum absolute atomic E-state index is 12.0. The Labute approximate surface area is 162 Å². The van der Waals surface area contributed by atoms with Crippen molar-refractivity contribution in [2.75, 3.05) is 0 Å². The molecule has 0 aliphatic heterocycles. The summed E-state index contributed by atoms with van der Waals surface area (Å²) < 4.78 is 1.87. The Kier molecular flexibility index (Phi) is 8.01. The van der Waals surface area contributed by atoms with Gasteiger partial charge in [-0.2, -0.15) is 0 Å². The number of benzene rings is 1. The van der Waals surface area contributed by atoms with Gasteiger partial charge in [0.1, 0.15) is 0 Å². The largest absolute Gasteiger partial charge is 0.493 e. The second-order valence-corrected chi connectivity index (χ2v) is 7.78. The molecule has 1 N–H and O–H groups in total. The van der Waals surface area contributed by atoms with Gasteiger partial charge < -0.3 is 9.67 Å². The number of nitrogens with zero attached hydrogens (tertiary/aromatic N) is 3. The highest BCUT2D eigenvalue weighted by molar-refractivity contribution is 5.95. The molecule has 0 aliphatic rings. The van der Waals surface area contributed by atoms with Gasteiger partial charge in [0.05, 0.1) is 5.52 Å². The first kappa shape index (κ1) is 21.1. The summed E-state index contributed by atoms with van der Waals surface area (Å²) in [5.41, 5.74) is 2.42. The zero-order valence-electron chi connectivity index (χ0n) is 17.2. The monoisotopic (exact) mass is 371 g/mol. The van der Waals surface area contributed by atoms with E-state index in [2.05, 4.69) is 31.0 Å². The lowest BCUT2D eigenvalue weighted by Crippen LogP contribution is -2.00. The first-order valence-corrected chi connectivity index (χ1v) is 10.2. The number of hydrogen-bond acceptors (Lipinski definition) is 3. The Morgan fingerprint density at radius 2 is 1.93 bits per heavy atom. The molecule has 0 bridgehead atoms. The molecule has 5 nitrogen and oxygen atoms in total. The van der Waals surface area contributed by atoms with Crippen molar-refractivity contribution in [2.24, 2.45) is 16.1 Å². The Morgan fingerprint density at radius 1 is 1.19 bits per heavy atom. The van der Waals surface area contributed by atoms with Gasteiger partial charge >= 0.3 is 0 Å². The van der Waals surface area contributed by atoms with Gasteiger partial charge in [0, 0.05) is 18.4 Å². The number of amides is 1. The minimum Gasteiger partial charge on any atom is -0.493 e. The molecule has 148 valence electrons. The Hall–Kier alpha value is -2.17. The van der Waals surface area contributed by atoms with E-state index < -0.39 is 0 Å². The van der Waals surface area contributed by atoms with Gasteiger partial charge in [0.15, 0.2) is 5.69 Å². The zero-order valence-corrected chi connectivity index (χ0v) is 17.2.